The molecule has 0 N–H and O–H groups in total. The fourth-order valence-electron chi connectivity index (χ4n) is 7.73. The van der Waals surface area contributed by atoms with E-state index < -0.39 is 0 Å². The highest BCUT2D eigenvalue weighted by molar-refractivity contribution is 5.49. The van der Waals surface area contributed by atoms with Crippen molar-refractivity contribution >= 4 is 12.6 Å². The molecule has 0 aromatic rings. The molecule has 0 rings (SSSR count). The van der Waals surface area contributed by atoms with Gasteiger partial charge in [0.25, 0.3) is 0 Å². The van der Waals surface area contributed by atoms with Crippen molar-refractivity contribution in [1.29, 1.82) is 0 Å². The Morgan fingerprint density at radius 3 is 0.891 bits per heavy atom. The van der Waals surface area contributed by atoms with Crippen LogP contribution in [0.2, 0.25) is 0 Å². The first kappa shape index (κ1) is 58.5. The van der Waals surface area contributed by atoms with E-state index in [2.05, 4.69) is 46.7 Å². The van der Waals surface area contributed by atoms with Crippen molar-refractivity contribution in [3.63, 3.8) is 0 Å². The molecule has 0 bridgehead atoms. The standard InChI is InChI=1S/C24H51NO2.2C13H26O/c1-25(2)23-24(19-15-11-7-5-9-13-17-21-26-3)20-16-12-8-6-10-14-18-22-27-4;2*1-3-5-7-9-13(11-12-14)10-8-6-4-2/h24H,5-23H2,1-4H3;2*12-13H,3-11H2,1-2H3. The lowest BCUT2D eigenvalue weighted by atomic mass is 9.93. The molecule has 5 nitrogen and oxygen atoms in total. The molecule has 55 heavy (non-hydrogen) atoms. The predicted molar refractivity (Wildman–Crippen MR) is 245 cm³/mol. The summed E-state index contributed by atoms with van der Waals surface area (Å²) < 4.78 is 10.2. The van der Waals surface area contributed by atoms with Crippen LogP contribution >= 0.6 is 0 Å². The quantitative estimate of drug-likeness (QED) is 0.0456. The molecule has 5 heteroatoms. The molecule has 0 aliphatic heterocycles. The van der Waals surface area contributed by atoms with Crippen LogP contribution in [0.4, 0.5) is 0 Å². The molecule has 332 valence electrons. The van der Waals surface area contributed by atoms with Crippen molar-refractivity contribution in [3.05, 3.63) is 0 Å². The molecule has 0 aromatic carbocycles. The van der Waals surface area contributed by atoms with Crippen molar-refractivity contribution < 1.29 is 19.1 Å². The van der Waals surface area contributed by atoms with E-state index in [1.807, 2.05) is 0 Å². The molecule has 0 fully saturated rings. The SMILES string of the molecule is CCCCCC(CC=O)CCCCC.CCCCCC(CC=O)CCCCC.COCCCCCCCCCC(CCCCCCCCCOC)CN(C)C. The van der Waals surface area contributed by atoms with Crippen LogP contribution in [0.5, 0.6) is 0 Å². The fourth-order valence-corrected chi connectivity index (χ4v) is 7.73. The summed E-state index contributed by atoms with van der Waals surface area (Å²) in [5.41, 5.74) is 0. The predicted octanol–water partition coefficient (Wildman–Crippen LogP) is 15.4. The lowest BCUT2D eigenvalue weighted by Crippen LogP contribution is -2.21. The summed E-state index contributed by atoms with van der Waals surface area (Å²) in [6.45, 7) is 12.0. The second-order valence-electron chi connectivity index (χ2n) is 17.2. The smallest absolute Gasteiger partial charge is 0.120 e. The molecule has 0 radical (unpaired) electrons. The number of carbonyl (C=O) groups is 2. The summed E-state index contributed by atoms with van der Waals surface area (Å²) in [6.07, 6.45) is 46.6. The highest BCUT2D eigenvalue weighted by atomic mass is 16.5. The van der Waals surface area contributed by atoms with Gasteiger partial charge in [-0.25, -0.2) is 0 Å². The minimum atomic E-state index is 0.672. The van der Waals surface area contributed by atoms with Crippen LogP contribution in [0.1, 0.15) is 246 Å². The number of ether oxygens (including phenoxy) is 2. The lowest BCUT2D eigenvalue weighted by molar-refractivity contribution is -0.109. The molecule has 0 aliphatic rings. The second kappa shape index (κ2) is 53.2. The van der Waals surface area contributed by atoms with Gasteiger partial charge in [0.1, 0.15) is 12.6 Å². The van der Waals surface area contributed by atoms with E-state index in [1.54, 1.807) is 14.2 Å². The minimum Gasteiger partial charge on any atom is -0.385 e. The molecule has 0 saturated heterocycles. The zero-order chi connectivity index (χ0) is 41.3. The van der Waals surface area contributed by atoms with E-state index in [1.165, 1.54) is 212 Å². The third-order valence-electron chi connectivity index (χ3n) is 11.3. The number of nitrogens with zero attached hydrogens (tertiary/aromatic N) is 1. The van der Waals surface area contributed by atoms with Gasteiger partial charge in [-0.15, -0.1) is 0 Å². The van der Waals surface area contributed by atoms with E-state index in [4.69, 9.17) is 9.47 Å². The van der Waals surface area contributed by atoms with Gasteiger partial charge in [-0.05, 0) is 57.5 Å². The van der Waals surface area contributed by atoms with E-state index in [0.717, 1.165) is 44.5 Å². The Morgan fingerprint density at radius 1 is 0.382 bits per heavy atom. The molecule has 0 amide bonds. The Labute approximate surface area is 347 Å². The first-order valence-corrected chi connectivity index (χ1v) is 24.4. The van der Waals surface area contributed by atoms with Gasteiger partial charge in [-0.3, -0.25) is 0 Å². The van der Waals surface area contributed by atoms with Crippen LogP contribution in [0.15, 0.2) is 0 Å². The normalized spacial score (nSPS) is 11.3. The number of aldehydes is 2. The summed E-state index contributed by atoms with van der Waals surface area (Å²) in [4.78, 5) is 23.3. The molecule has 0 heterocycles. The molecular formula is C50H103NO4. The molecule has 0 spiro atoms. The maximum absolute atomic E-state index is 10.5. The van der Waals surface area contributed by atoms with Crippen LogP contribution in [0.25, 0.3) is 0 Å². The van der Waals surface area contributed by atoms with Gasteiger partial charge in [0.15, 0.2) is 0 Å². The van der Waals surface area contributed by atoms with Crippen LogP contribution < -0.4 is 0 Å². The number of rotatable bonds is 42. The third kappa shape index (κ3) is 53.2. The summed E-state index contributed by atoms with van der Waals surface area (Å²) in [5.74, 6) is 2.25. The monoisotopic (exact) mass is 782 g/mol. The highest BCUT2D eigenvalue weighted by Crippen LogP contribution is 2.22. The first-order chi connectivity index (χ1) is 26.9. The number of hydrogen-bond acceptors (Lipinski definition) is 5. The van der Waals surface area contributed by atoms with Crippen LogP contribution in [0.3, 0.4) is 0 Å². The minimum absolute atomic E-state index is 0.672. The van der Waals surface area contributed by atoms with Crippen LogP contribution in [-0.2, 0) is 19.1 Å². The van der Waals surface area contributed by atoms with E-state index in [-0.39, 0.29) is 0 Å². The van der Waals surface area contributed by atoms with E-state index >= 15 is 0 Å². The Kier molecular flexibility index (Phi) is 56.6. The average molecular weight is 782 g/mol. The molecule has 0 aliphatic carbocycles. The number of methoxy groups -OCH3 is 2. The van der Waals surface area contributed by atoms with Crippen LogP contribution in [-0.4, -0.2) is 65.5 Å². The highest BCUT2D eigenvalue weighted by Gasteiger charge is 2.10. The van der Waals surface area contributed by atoms with Crippen molar-refractivity contribution in [2.45, 2.75) is 246 Å². The zero-order valence-corrected chi connectivity index (χ0v) is 39.1. The molecule has 0 aromatic heterocycles. The fraction of sp³-hybridized carbons (Fsp3) is 0.960. The molecule has 0 unspecified atom stereocenters. The Morgan fingerprint density at radius 2 is 0.636 bits per heavy atom. The maximum atomic E-state index is 10.5. The number of unbranched alkanes of at least 4 members (excludes halogenated alkanes) is 20. The first-order valence-electron chi connectivity index (χ1n) is 24.4. The van der Waals surface area contributed by atoms with Gasteiger partial charge in [0, 0.05) is 46.8 Å². The van der Waals surface area contributed by atoms with E-state index in [9.17, 15) is 9.59 Å². The van der Waals surface area contributed by atoms with E-state index in [0.29, 0.717) is 11.8 Å². The summed E-state index contributed by atoms with van der Waals surface area (Å²) >= 11 is 0. The van der Waals surface area contributed by atoms with Crippen molar-refractivity contribution in [2.24, 2.45) is 17.8 Å². The Bertz CT molecular complexity index is 615. The average Bonchev–Trinajstić information content (AvgIpc) is 3.17. The van der Waals surface area contributed by atoms with Gasteiger partial charge < -0.3 is 24.0 Å². The number of carbonyl (C=O) groups excluding carboxylic acids is 2. The zero-order valence-electron chi connectivity index (χ0n) is 39.1. The molecule has 0 atom stereocenters. The van der Waals surface area contributed by atoms with Gasteiger partial charge in [0.05, 0.1) is 0 Å². The topological polar surface area (TPSA) is 55.8 Å². The largest absolute Gasteiger partial charge is 0.385 e. The lowest BCUT2D eigenvalue weighted by Gasteiger charge is -2.21. The van der Waals surface area contributed by atoms with Crippen molar-refractivity contribution in [2.75, 3.05) is 48.1 Å². The van der Waals surface area contributed by atoms with Gasteiger partial charge in [-0.1, -0.05) is 207 Å². The Balaban J connectivity index is -0.000000813. The van der Waals surface area contributed by atoms with Gasteiger partial charge in [-0.2, -0.15) is 0 Å². The molecule has 0 saturated carbocycles. The molecular weight excluding hydrogens is 679 g/mol. The van der Waals surface area contributed by atoms with Crippen molar-refractivity contribution in [3.8, 4) is 0 Å². The second-order valence-corrected chi connectivity index (χ2v) is 17.2. The van der Waals surface area contributed by atoms with Gasteiger partial charge >= 0.3 is 0 Å². The van der Waals surface area contributed by atoms with Crippen LogP contribution in [0, 0.1) is 17.8 Å². The Hall–Kier alpha value is -0.780. The summed E-state index contributed by atoms with van der Waals surface area (Å²) in [5, 5.41) is 0. The maximum Gasteiger partial charge on any atom is 0.120 e. The van der Waals surface area contributed by atoms with Crippen molar-refractivity contribution in [1.82, 2.24) is 4.90 Å². The summed E-state index contributed by atoms with van der Waals surface area (Å²) in [6, 6.07) is 0. The third-order valence-corrected chi connectivity index (χ3v) is 11.3. The van der Waals surface area contributed by atoms with Gasteiger partial charge in [0.2, 0.25) is 0 Å². The summed E-state index contributed by atoms with van der Waals surface area (Å²) in [7, 11) is 8.06. The number of hydrogen-bond donors (Lipinski definition) is 0.